The molecule has 1 heterocycles. The molecule has 0 aromatic carbocycles. The highest BCUT2D eigenvalue weighted by molar-refractivity contribution is 5.69. The summed E-state index contributed by atoms with van der Waals surface area (Å²) < 4.78 is 6.73. The normalized spacial score (nSPS) is 20.4. The Bertz CT molecular complexity index is 698. The molecule has 0 spiro atoms. The van der Waals surface area contributed by atoms with Gasteiger partial charge in [-0.3, -0.25) is 19.1 Å². The van der Waals surface area contributed by atoms with Crippen LogP contribution >= 0.6 is 0 Å². The smallest absolute Gasteiger partial charge is 0.331 e. The van der Waals surface area contributed by atoms with Crippen molar-refractivity contribution < 1.29 is 14.6 Å². The largest absolute Gasteiger partial charge is 0.494 e. The Labute approximate surface area is 147 Å². The van der Waals surface area contributed by atoms with Crippen LogP contribution in [0.2, 0.25) is 0 Å². The van der Waals surface area contributed by atoms with Gasteiger partial charge in [-0.05, 0) is 44.9 Å². The Balaban J connectivity index is 2.11. The number of H-pyrrole nitrogens is 1. The predicted octanol–water partition coefficient (Wildman–Crippen LogP) is 2.41. The molecule has 2 N–H and O–H groups in total. The van der Waals surface area contributed by atoms with Crippen LogP contribution in [0, 0.1) is 0 Å². The van der Waals surface area contributed by atoms with E-state index in [0.29, 0.717) is 38.5 Å². The van der Waals surface area contributed by atoms with Crippen LogP contribution in [0.3, 0.4) is 0 Å². The molecule has 140 valence electrons. The average molecular weight is 352 g/mol. The highest BCUT2D eigenvalue weighted by Gasteiger charge is 2.28. The number of carbonyl (C=O) groups excluding carboxylic acids is 1. The van der Waals surface area contributed by atoms with Crippen LogP contribution < -0.4 is 11.2 Å². The molecule has 25 heavy (non-hydrogen) atoms. The monoisotopic (exact) mass is 352 g/mol. The number of ether oxygens (including phenoxy) is 1. The summed E-state index contributed by atoms with van der Waals surface area (Å²) in [5, 5.41) is 10.5. The maximum absolute atomic E-state index is 12.2. The van der Waals surface area contributed by atoms with Crippen molar-refractivity contribution in [2.24, 2.45) is 0 Å². The SMILES string of the molecule is CCCCc1c(O)n(C2CCC(OC(=O)CCC)CC2)c(=O)[nH]c1=O. The van der Waals surface area contributed by atoms with Crippen molar-refractivity contribution in [3.05, 3.63) is 26.4 Å². The number of nitrogens with zero attached hydrogens (tertiary/aromatic N) is 1. The third-order valence-electron chi connectivity index (χ3n) is 4.75. The van der Waals surface area contributed by atoms with Crippen LogP contribution in [0.5, 0.6) is 5.88 Å². The van der Waals surface area contributed by atoms with Crippen molar-refractivity contribution in [1.29, 1.82) is 0 Å². The Morgan fingerprint density at radius 1 is 1.20 bits per heavy atom. The first kappa shape index (κ1) is 19.3. The van der Waals surface area contributed by atoms with Crippen molar-refractivity contribution in [1.82, 2.24) is 9.55 Å². The summed E-state index contributed by atoms with van der Waals surface area (Å²) in [6.45, 7) is 3.93. The molecule has 0 radical (unpaired) electrons. The summed E-state index contributed by atoms with van der Waals surface area (Å²) in [5.74, 6) is -0.398. The topological polar surface area (TPSA) is 101 Å². The molecular weight excluding hydrogens is 324 g/mol. The van der Waals surface area contributed by atoms with Crippen molar-refractivity contribution >= 4 is 5.97 Å². The van der Waals surface area contributed by atoms with Crippen molar-refractivity contribution in [2.75, 3.05) is 0 Å². The maximum atomic E-state index is 12.2. The van der Waals surface area contributed by atoms with Gasteiger partial charge in [0.05, 0.1) is 5.56 Å². The van der Waals surface area contributed by atoms with E-state index in [9.17, 15) is 19.5 Å². The number of aromatic hydroxyl groups is 1. The van der Waals surface area contributed by atoms with Gasteiger partial charge < -0.3 is 9.84 Å². The van der Waals surface area contributed by atoms with Gasteiger partial charge >= 0.3 is 11.7 Å². The molecule has 2 rings (SSSR count). The number of hydrogen-bond donors (Lipinski definition) is 2. The standard InChI is InChI=1S/C18H28N2O5/c1-3-5-7-14-16(22)19-18(24)20(17(14)23)12-8-10-13(11-9-12)25-15(21)6-4-2/h12-13,23H,3-11H2,1-2H3,(H,19,22,24). The summed E-state index contributed by atoms with van der Waals surface area (Å²) >= 11 is 0. The fourth-order valence-corrected chi connectivity index (χ4v) is 3.36. The Morgan fingerprint density at radius 3 is 2.48 bits per heavy atom. The molecular formula is C18H28N2O5. The number of unbranched alkanes of at least 4 members (excludes halogenated alkanes) is 1. The number of rotatable bonds is 7. The molecule has 1 aromatic heterocycles. The number of esters is 1. The van der Waals surface area contributed by atoms with Crippen LogP contribution in [0.25, 0.3) is 0 Å². The predicted molar refractivity (Wildman–Crippen MR) is 93.9 cm³/mol. The van der Waals surface area contributed by atoms with Gasteiger partial charge in [-0.2, -0.15) is 0 Å². The van der Waals surface area contributed by atoms with Gasteiger partial charge in [0.25, 0.3) is 5.56 Å². The molecule has 0 saturated heterocycles. The molecule has 0 bridgehead atoms. The molecule has 1 aliphatic rings. The minimum absolute atomic E-state index is 0.129. The van der Waals surface area contributed by atoms with E-state index in [2.05, 4.69) is 4.98 Å². The van der Waals surface area contributed by atoms with E-state index in [1.807, 2.05) is 13.8 Å². The lowest BCUT2D eigenvalue weighted by Crippen LogP contribution is -2.36. The molecule has 7 heteroatoms. The highest BCUT2D eigenvalue weighted by atomic mass is 16.5. The Morgan fingerprint density at radius 2 is 1.88 bits per heavy atom. The zero-order chi connectivity index (χ0) is 18.4. The lowest BCUT2D eigenvalue weighted by molar-refractivity contribution is -0.150. The van der Waals surface area contributed by atoms with Crippen molar-refractivity contribution in [3.63, 3.8) is 0 Å². The van der Waals surface area contributed by atoms with Crippen LogP contribution in [0.1, 0.15) is 76.8 Å². The molecule has 0 unspecified atom stereocenters. The van der Waals surface area contributed by atoms with Gasteiger partial charge in [0.2, 0.25) is 5.88 Å². The summed E-state index contributed by atoms with van der Waals surface area (Å²) in [7, 11) is 0. The second kappa shape index (κ2) is 8.87. The van der Waals surface area contributed by atoms with Gasteiger partial charge in [0.1, 0.15) is 6.10 Å². The molecule has 1 aromatic rings. The molecule has 0 amide bonds. The lowest BCUT2D eigenvalue weighted by atomic mass is 9.92. The van der Waals surface area contributed by atoms with Gasteiger partial charge in [0, 0.05) is 12.5 Å². The molecule has 0 atom stereocenters. The minimum atomic E-state index is -0.575. The van der Waals surface area contributed by atoms with Gasteiger partial charge in [-0.15, -0.1) is 0 Å². The number of hydrogen-bond acceptors (Lipinski definition) is 5. The fraction of sp³-hybridized carbons (Fsp3) is 0.722. The second-order valence-electron chi connectivity index (χ2n) is 6.71. The third kappa shape index (κ3) is 4.74. The molecule has 1 saturated carbocycles. The zero-order valence-corrected chi connectivity index (χ0v) is 15.0. The zero-order valence-electron chi connectivity index (χ0n) is 15.0. The van der Waals surface area contributed by atoms with Crippen molar-refractivity contribution in [2.45, 2.75) is 83.8 Å². The Hall–Kier alpha value is -2.05. The summed E-state index contributed by atoms with van der Waals surface area (Å²) in [6.07, 6.45) is 5.70. The Kier molecular flexibility index (Phi) is 6.84. The van der Waals surface area contributed by atoms with Crippen LogP contribution in [0.4, 0.5) is 0 Å². The summed E-state index contributed by atoms with van der Waals surface area (Å²) in [5.41, 5.74) is -0.804. The van der Waals surface area contributed by atoms with Crippen LogP contribution in [0.15, 0.2) is 9.59 Å². The first-order chi connectivity index (χ1) is 12.0. The maximum Gasteiger partial charge on any atom is 0.331 e. The summed E-state index contributed by atoms with van der Waals surface area (Å²) in [6, 6.07) is -0.189. The lowest BCUT2D eigenvalue weighted by Gasteiger charge is -2.30. The molecule has 1 aliphatic carbocycles. The first-order valence-electron chi connectivity index (χ1n) is 9.24. The molecule has 1 fully saturated rings. The number of nitrogens with one attached hydrogen (secondary N) is 1. The van der Waals surface area contributed by atoms with Crippen LogP contribution in [-0.2, 0) is 16.0 Å². The van der Waals surface area contributed by atoms with Gasteiger partial charge in [-0.1, -0.05) is 20.3 Å². The van der Waals surface area contributed by atoms with E-state index in [0.717, 1.165) is 19.3 Å². The highest BCUT2D eigenvalue weighted by Crippen LogP contribution is 2.32. The number of aromatic amines is 1. The summed E-state index contributed by atoms with van der Waals surface area (Å²) in [4.78, 5) is 38.1. The molecule has 7 nitrogen and oxygen atoms in total. The van der Waals surface area contributed by atoms with Gasteiger partial charge in [-0.25, -0.2) is 4.79 Å². The van der Waals surface area contributed by atoms with Gasteiger partial charge in [0.15, 0.2) is 0 Å². The number of aromatic nitrogens is 2. The molecule has 0 aliphatic heterocycles. The van der Waals surface area contributed by atoms with E-state index in [1.165, 1.54) is 4.57 Å². The van der Waals surface area contributed by atoms with E-state index in [1.54, 1.807) is 0 Å². The quantitative estimate of drug-likeness (QED) is 0.734. The fourth-order valence-electron chi connectivity index (χ4n) is 3.36. The third-order valence-corrected chi connectivity index (χ3v) is 4.75. The second-order valence-corrected chi connectivity index (χ2v) is 6.71. The van der Waals surface area contributed by atoms with Crippen molar-refractivity contribution in [3.8, 4) is 5.88 Å². The number of carbonyl (C=O) groups is 1. The van der Waals surface area contributed by atoms with E-state index < -0.39 is 11.2 Å². The van der Waals surface area contributed by atoms with E-state index >= 15 is 0 Å². The van der Waals surface area contributed by atoms with E-state index in [4.69, 9.17) is 4.74 Å². The van der Waals surface area contributed by atoms with E-state index in [-0.39, 0.29) is 29.6 Å². The minimum Gasteiger partial charge on any atom is -0.494 e. The van der Waals surface area contributed by atoms with Crippen LogP contribution in [-0.4, -0.2) is 26.7 Å². The average Bonchev–Trinajstić information content (AvgIpc) is 2.56. The first-order valence-corrected chi connectivity index (χ1v) is 9.24.